The zero-order valence-electron chi connectivity index (χ0n) is 12.3. The predicted molar refractivity (Wildman–Crippen MR) is 79.0 cm³/mol. The fourth-order valence-corrected chi connectivity index (χ4v) is 2.24. The van der Waals surface area contributed by atoms with Crippen molar-refractivity contribution in [1.82, 2.24) is 5.32 Å². The van der Waals surface area contributed by atoms with E-state index < -0.39 is 10.0 Å². The van der Waals surface area contributed by atoms with Gasteiger partial charge >= 0.3 is 0 Å². The summed E-state index contributed by atoms with van der Waals surface area (Å²) in [6.45, 7) is 7.84. The molecule has 112 valence electrons. The van der Waals surface area contributed by atoms with Crippen LogP contribution in [0.25, 0.3) is 0 Å². The molecule has 0 fully saturated rings. The van der Waals surface area contributed by atoms with Gasteiger partial charge in [0.15, 0.2) is 0 Å². The highest BCUT2D eigenvalue weighted by Gasteiger charge is 2.18. The van der Waals surface area contributed by atoms with Gasteiger partial charge in [0.05, 0.1) is 4.90 Å². The van der Waals surface area contributed by atoms with Crippen molar-refractivity contribution >= 4 is 15.9 Å². The van der Waals surface area contributed by atoms with Crippen LogP contribution in [-0.4, -0.2) is 20.4 Å². The summed E-state index contributed by atoms with van der Waals surface area (Å²) in [4.78, 5) is 12.2. The van der Waals surface area contributed by atoms with Crippen molar-refractivity contribution in [2.45, 2.75) is 45.1 Å². The van der Waals surface area contributed by atoms with Crippen molar-refractivity contribution in [2.24, 2.45) is 11.1 Å². The van der Waals surface area contributed by atoms with Gasteiger partial charge in [-0.05, 0) is 37.0 Å². The van der Waals surface area contributed by atoms with Gasteiger partial charge in [0.25, 0.3) is 5.91 Å². The van der Waals surface area contributed by atoms with Crippen molar-refractivity contribution in [2.75, 3.05) is 0 Å². The highest BCUT2D eigenvalue weighted by atomic mass is 32.2. The van der Waals surface area contributed by atoms with E-state index in [0.29, 0.717) is 17.9 Å². The van der Waals surface area contributed by atoms with Crippen LogP contribution in [0.2, 0.25) is 0 Å². The first-order chi connectivity index (χ1) is 9.16. The maximum atomic E-state index is 12.3. The van der Waals surface area contributed by atoms with Gasteiger partial charge in [-0.2, -0.15) is 0 Å². The van der Waals surface area contributed by atoms with Gasteiger partial charge < -0.3 is 5.32 Å². The van der Waals surface area contributed by atoms with E-state index in [-0.39, 0.29) is 16.8 Å². The minimum Gasteiger partial charge on any atom is -0.349 e. The molecule has 0 spiro atoms. The molecule has 1 unspecified atom stereocenters. The fourth-order valence-electron chi connectivity index (χ4n) is 1.70. The molecule has 0 aliphatic carbocycles. The maximum Gasteiger partial charge on any atom is 0.251 e. The van der Waals surface area contributed by atoms with Crippen molar-refractivity contribution in [3.63, 3.8) is 0 Å². The number of carbonyl (C=O) groups excluding carboxylic acids is 1. The summed E-state index contributed by atoms with van der Waals surface area (Å²) in [5, 5.41) is 7.98. The molecule has 1 atom stereocenters. The van der Waals surface area contributed by atoms with Gasteiger partial charge in [-0.1, -0.05) is 26.8 Å². The Morgan fingerprint density at radius 2 is 1.90 bits per heavy atom. The minimum atomic E-state index is -3.81. The lowest BCUT2D eigenvalue weighted by Crippen LogP contribution is -2.36. The third kappa shape index (κ3) is 4.05. The Balaban J connectivity index is 3.18. The van der Waals surface area contributed by atoms with Crippen LogP contribution >= 0.6 is 0 Å². The van der Waals surface area contributed by atoms with Crippen LogP contribution in [0.1, 0.15) is 43.6 Å². The Labute approximate surface area is 120 Å². The molecule has 0 aromatic heterocycles. The number of aryl methyl sites for hydroxylation is 1. The average molecular weight is 298 g/mol. The first-order valence-corrected chi connectivity index (χ1v) is 8.18. The monoisotopic (exact) mass is 298 g/mol. The van der Waals surface area contributed by atoms with E-state index in [1.165, 1.54) is 12.1 Å². The van der Waals surface area contributed by atoms with Crippen LogP contribution in [0.4, 0.5) is 0 Å². The lowest BCUT2D eigenvalue weighted by atomic mass is 10.0. The number of primary sulfonamides is 1. The number of hydrogen-bond acceptors (Lipinski definition) is 3. The molecule has 5 nitrogen and oxygen atoms in total. The summed E-state index contributed by atoms with van der Waals surface area (Å²) in [6, 6.07) is 4.41. The molecule has 0 heterocycles. The van der Waals surface area contributed by atoms with Crippen LogP contribution in [0, 0.1) is 5.92 Å². The molecule has 1 aromatic carbocycles. The second-order valence-corrected chi connectivity index (χ2v) is 6.79. The SMILES string of the molecule is CCc1ccc(S(N)(=O)=O)cc1C(=O)NC(C)C(C)C. The molecule has 0 radical (unpaired) electrons. The smallest absolute Gasteiger partial charge is 0.251 e. The van der Waals surface area contributed by atoms with E-state index >= 15 is 0 Å². The van der Waals surface area contributed by atoms with Crippen LogP contribution in [0.15, 0.2) is 23.1 Å². The third-order valence-corrected chi connectivity index (χ3v) is 4.31. The number of nitrogens with two attached hydrogens (primary N) is 1. The normalized spacial score (nSPS) is 13.3. The maximum absolute atomic E-state index is 12.3. The minimum absolute atomic E-state index is 0.00495. The zero-order valence-corrected chi connectivity index (χ0v) is 13.1. The summed E-state index contributed by atoms with van der Waals surface area (Å²) in [5.41, 5.74) is 1.16. The number of hydrogen-bond donors (Lipinski definition) is 2. The average Bonchev–Trinajstić information content (AvgIpc) is 2.36. The van der Waals surface area contributed by atoms with Crippen molar-refractivity contribution in [3.8, 4) is 0 Å². The van der Waals surface area contributed by atoms with Gasteiger partial charge in [0, 0.05) is 11.6 Å². The predicted octanol–water partition coefficient (Wildman–Crippen LogP) is 1.67. The Kier molecular flexibility index (Phi) is 5.30. The molecule has 6 heteroatoms. The number of rotatable bonds is 5. The topological polar surface area (TPSA) is 89.3 Å². The Hall–Kier alpha value is -1.40. The lowest BCUT2D eigenvalue weighted by Gasteiger charge is -2.18. The molecule has 1 aromatic rings. The molecule has 1 amide bonds. The second kappa shape index (κ2) is 6.37. The summed E-state index contributed by atoms with van der Waals surface area (Å²) < 4.78 is 22.8. The van der Waals surface area contributed by atoms with E-state index in [4.69, 9.17) is 5.14 Å². The van der Waals surface area contributed by atoms with Gasteiger partial charge in [-0.3, -0.25) is 4.79 Å². The number of carbonyl (C=O) groups is 1. The van der Waals surface area contributed by atoms with E-state index in [1.807, 2.05) is 27.7 Å². The van der Waals surface area contributed by atoms with Crippen molar-refractivity contribution in [3.05, 3.63) is 29.3 Å². The van der Waals surface area contributed by atoms with E-state index in [0.717, 1.165) is 5.56 Å². The van der Waals surface area contributed by atoms with Gasteiger partial charge in [-0.15, -0.1) is 0 Å². The highest BCUT2D eigenvalue weighted by Crippen LogP contribution is 2.16. The number of benzene rings is 1. The standard InChI is InChI=1S/C14H22N2O3S/c1-5-11-6-7-12(20(15,18)19)8-13(11)14(17)16-10(4)9(2)3/h6-10H,5H2,1-4H3,(H,16,17)(H2,15,18,19). The first-order valence-electron chi connectivity index (χ1n) is 6.63. The molecule has 0 bridgehead atoms. The number of sulfonamides is 1. The second-order valence-electron chi connectivity index (χ2n) is 5.22. The molecule has 3 N–H and O–H groups in total. The van der Waals surface area contributed by atoms with Crippen molar-refractivity contribution in [1.29, 1.82) is 0 Å². The molecule has 1 rings (SSSR count). The van der Waals surface area contributed by atoms with Crippen LogP contribution < -0.4 is 10.5 Å². The summed E-state index contributed by atoms with van der Waals surface area (Å²) in [6.07, 6.45) is 0.643. The summed E-state index contributed by atoms with van der Waals surface area (Å²) in [7, 11) is -3.81. The van der Waals surface area contributed by atoms with Gasteiger partial charge in [0.2, 0.25) is 10.0 Å². The Bertz CT molecular complexity index is 594. The Morgan fingerprint density at radius 1 is 1.30 bits per heavy atom. The zero-order chi connectivity index (χ0) is 15.5. The van der Waals surface area contributed by atoms with E-state index in [2.05, 4.69) is 5.32 Å². The van der Waals surface area contributed by atoms with Crippen LogP contribution in [0.5, 0.6) is 0 Å². The van der Waals surface area contributed by atoms with Crippen molar-refractivity contribution < 1.29 is 13.2 Å². The lowest BCUT2D eigenvalue weighted by molar-refractivity contribution is 0.0929. The number of nitrogens with one attached hydrogen (secondary N) is 1. The van der Waals surface area contributed by atoms with Crippen LogP contribution in [-0.2, 0) is 16.4 Å². The molecule has 0 aliphatic heterocycles. The van der Waals surface area contributed by atoms with Gasteiger partial charge in [0.1, 0.15) is 0 Å². The van der Waals surface area contributed by atoms with Gasteiger partial charge in [-0.25, -0.2) is 13.6 Å². The molecule has 0 saturated heterocycles. The molecular weight excluding hydrogens is 276 g/mol. The fraction of sp³-hybridized carbons (Fsp3) is 0.500. The van der Waals surface area contributed by atoms with E-state index in [9.17, 15) is 13.2 Å². The molecule has 0 saturated carbocycles. The highest BCUT2D eigenvalue weighted by molar-refractivity contribution is 7.89. The van der Waals surface area contributed by atoms with E-state index in [1.54, 1.807) is 6.07 Å². The van der Waals surface area contributed by atoms with Crippen LogP contribution in [0.3, 0.4) is 0 Å². The summed E-state index contributed by atoms with van der Waals surface area (Å²) >= 11 is 0. The summed E-state index contributed by atoms with van der Waals surface area (Å²) in [5.74, 6) is 0.0269. The number of amides is 1. The molecular formula is C14H22N2O3S. The Morgan fingerprint density at radius 3 is 2.35 bits per heavy atom. The molecule has 20 heavy (non-hydrogen) atoms. The quantitative estimate of drug-likeness (QED) is 0.866. The first kappa shape index (κ1) is 16.7. The molecule has 0 aliphatic rings. The largest absolute Gasteiger partial charge is 0.349 e. The third-order valence-electron chi connectivity index (χ3n) is 3.39.